The Morgan fingerprint density at radius 2 is 1.31 bits per heavy atom. The van der Waals surface area contributed by atoms with E-state index in [1.165, 1.54) is 12.1 Å². The topological polar surface area (TPSA) is 103 Å². The Bertz CT molecular complexity index is 983. The maximum absolute atomic E-state index is 11.6. The molecule has 0 radical (unpaired) electrons. The molecule has 0 saturated heterocycles. The van der Waals surface area contributed by atoms with Crippen molar-refractivity contribution < 1.29 is 14.6 Å². The zero-order valence-corrected chi connectivity index (χ0v) is 13.4. The Morgan fingerprint density at radius 3 is 1.85 bits per heavy atom. The van der Waals surface area contributed by atoms with E-state index in [1.807, 2.05) is 30.3 Å². The largest absolute Gasteiger partial charge is 0.298 e. The third-order valence-electron chi connectivity index (χ3n) is 3.92. The molecule has 0 aliphatic heterocycles. The Labute approximate surface area is 147 Å². The maximum Gasteiger partial charge on any atom is 0.276 e. The predicted molar refractivity (Wildman–Crippen MR) is 96.0 cm³/mol. The van der Waals surface area contributed by atoms with Crippen molar-refractivity contribution in [2.75, 3.05) is 0 Å². The van der Waals surface area contributed by atoms with Crippen molar-refractivity contribution in [1.82, 2.24) is 0 Å². The van der Waals surface area contributed by atoms with Crippen molar-refractivity contribution >= 4 is 17.7 Å². The highest BCUT2D eigenvalue weighted by Gasteiger charge is 2.18. The van der Waals surface area contributed by atoms with Crippen LogP contribution in [0.4, 0.5) is 11.4 Å². The first-order valence-electron chi connectivity index (χ1n) is 7.58. The summed E-state index contributed by atoms with van der Waals surface area (Å²) in [7, 11) is 0. The zero-order valence-electron chi connectivity index (χ0n) is 13.4. The van der Waals surface area contributed by atoms with Crippen LogP contribution in [0, 0.1) is 20.2 Å². The summed E-state index contributed by atoms with van der Waals surface area (Å²) in [5, 5.41) is 22.1. The molecule has 3 rings (SSSR count). The van der Waals surface area contributed by atoms with Gasteiger partial charge in [0.2, 0.25) is 0 Å². The molecule has 0 spiro atoms. The molecular formula is C19H12N2O5. The van der Waals surface area contributed by atoms with Crippen molar-refractivity contribution in [2.45, 2.75) is 0 Å². The normalized spacial score (nSPS) is 10.3. The minimum atomic E-state index is -0.699. The lowest BCUT2D eigenvalue weighted by atomic mass is 9.95. The Balaban J connectivity index is 2.16. The molecule has 128 valence electrons. The van der Waals surface area contributed by atoms with Gasteiger partial charge in [0, 0.05) is 17.7 Å². The number of benzene rings is 3. The van der Waals surface area contributed by atoms with E-state index in [-0.39, 0.29) is 5.56 Å². The van der Waals surface area contributed by atoms with E-state index in [1.54, 1.807) is 18.2 Å². The van der Waals surface area contributed by atoms with E-state index in [0.29, 0.717) is 17.4 Å². The fourth-order valence-electron chi connectivity index (χ4n) is 2.69. The molecule has 3 aromatic carbocycles. The number of non-ortho nitro benzene ring substituents is 2. The number of nitro groups is 2. The molecule has 0 heterocycles. The lowest BCUT2D eigenvalue weighted by Crippen LogP contribution is -1.95. The lowest BCUT2D eigenvalue weighted by molar-refractivity contribution is -0.394. The number of carbonyl (C=O) groups excluding carboxylic acids is 1. The van der Waals surface area contributed by atoms with Gasteiger partial charge in [-0.25, -0.2) is 0 Å². The number of nitrogens with zero attached hydrogens (tertiary/aromatic N) is 2. The molecule has 0 amide bonds. The van der Waals surface area contributed by atoms with Crippen molar-refractivity contribution in [2.24, 2.45) is 0 Å². The third-order valence-corrected chi connectivity index (χ3v) is 3.92. The number of hydrogen-bond donors (Lipinski definition) is 0. The van der Waals surface area contributed by atoms with E-state index >= 15 is 0 Å². The molecule has 0 N–H and O–H groups in total. The zero-order chi connectivity index (χ0) is 18.7. The second-order valence-electron chi connectivity index (χ2n) is 5.54. The Morgan fingerprint density at radius 1 is 0.692 bits per heavy atom. The van der Waals surface area contributed by atoms with Gasteiger partial charge >= 0.3 is 0 Å². The van der Waals surface area contributed by atoms with Crippen molar-refractivity contribution in [3.8, 4) is 22.3 Å². The van der Waals surface area contributed by atoms with Crippen LogP contribution < -0.4 is 0 Å². The fraction of sp³-hybridized carbons (Fsp3) is 0. The average molecular weight is 348 g/mol. The molecule has 0 aliphatic rings. The van der Waals surface area contributed by atoms with Crippen molar-refractivity contribution in [3.63, 3.8) is 0 Å². The van der Waals surface area contributed by atoms with Crippen LogP contribution in [0.2, 0.25) is 0 Å². The molecule has 0 fully saturated rings. The molecule has 0 bridgehead atoms. The third kappa shape index (κ3) is 3.32. The Kier molecular flexibility index (Phi) is 4.53. The summed E-state index contributed by atoms with van der Waals surface area (Å²) in [4.78, 5) is 32.3. The van der Waals surface area contributed by atoms with E-state index in [2.05, 4.69) is 0 Å². The lowest BCUT2D eigenvalue weighted by Gasteiger charge is -2.09. The molecule has 0 saturated carbocycles. The van der Waals surface area contributed by atoms with Gasteiger partial charge in [-0.3, -0.25) is 25.0 Å². The molecule has 26 heavy (non-hydrogen) atoms. The van der Waals surface area contributed by atoms with Crippen LogP contribution in [0.3, 0.4) is 0 Å². The van der Waals surface area contributed by atoms with Gasteiger partial charge in [-0.05, 0) is 28.3 Å². The molecule has 0 atom stereocenters. The number of carbonyl (C=O) groups is 1. The van der Waals surface area contributed by atoms with E-state index in [9.17, 15) is 25.0 Å². The van der Waals surface area contributed by atoms with Gasteiger partial charge in [0.05, 0.1) is 15.9 Å². The molecule has 0 aromatic heterocycles. The smallest absolute Gasteiger partial charge is 0.276 e. The SMILES string of the molecule is O=Cc1cc(-c2ccccc2)ccc1-c1cc([N+](=O)[O-])cc([N+](=O)[O-])c1. The van der Waals surface area contributed by atoms with Crippen molar-refractivity contribution in [3.05, 3.63) is 92.5 Å². The van der Waals surface area contributed by atoms with Crippen LogP contribution in [0.25, 0.3) is 22.3 Å². The molecule has 7 nitrogen and oxygen atoms in total. The van der Waals surface area contributed by atoms with Crippen LogP contribution in [0.15, 0.2) is 66.7 Å². The van der Waals surface area contributed by atoms with Gasteiger partial charge < -0.3 is 0 Å². The Hall–Kier alpha value is -3.87. The molecule has 3 aromatic rings. The van der Waals surface area contributed by atoms with E-state index in [0.717, 1.165) is 17.2 Å². The number of rotatable bonds is 5. The van der Waals surface area contributed by atoms with Crippen molar-refractivity contribution in [1.29, 1.82) is 0 Å². The molecular weight excluding hydrogens is 336 g/mol. The van der Waals surface area contributed by atoms with Gasteiger partial charge in [0.1, 0.15) is 0 Å². The summed E-state index contributed by atoms with van der Waals surface area (Å²) in [6, 6.07) is 17.8. The van der Waals surface area contributed by atoms with Gasteiger partial charge in [0.25, 0.3) is 11.4 Å². The predicted octanol–water partition coefficient (Wildman–Crippen LogP) is 4.65. The minimum Gasteiger partial charge on any atom is -0.298 e. The molecule has 0 unspecified atom stereocenters. The van der Waals surface area contributed by atoms with Gasteiger partial charge in [-0.2, -0.15) is 0 Å². The maximum atomic E-state index is 11.6. The summed E-state index contributed by atoms with van der Waals surface area (Å²) in [5.74, 6) is 0. The average Bonchev–Trinajstić information content (AvgIpc) is 2.67. The van der Waals surface area contributed by atoms with Crippen LogP contribution in [0.1, 0.15) is 10.4 Å². The second kappa shape index (κ2) is 6.94. The van der Waals surface area contributed by atoms with E-state index in [4.69, 9.17) is 0 Å². The summed E-state index contributed by atoms with van der Waals surface area (Å²) in [6.07, 6.45) is 0.631. The van der Waals surface area contributed by atoms with Gasteiger partial charge in [-0.15, -0.1) is 0 Å². The first-order chi connectivity index (χ1) is 12.5. The van der Waals surface area contributed by atoms with Crippen LogP contribution in [-0.4, -0.2) is 16.1 Å². The van der Waals surface area contributed by atoms with Gasteiger partial charge in [0.15, 0.2) is 6.29 Å². The second-order valence-corrected chi connectivity index (χ2v) is 5.54. The highest BCUT2D eigenvalue weighted by Crippen LogP contribution is 2.33. The summed E-state index contributed by atoms with van der Waals surface area (Å²) >= 11 is 0. The summed E-state index contributed by atoms with van der Waals surface area (Å²) < 4.78 is 0. The highest BCUT2D eigenvalue weighted by atomic mass is 16.6. The summed E-state index contributed by atoms with van der Waals surface area (Å²) in [6.45, 7) is 0. The molecule has 7 heteroatoms. The first-order valence-corrected chi connectivity index (χ1v) is 7.58. The van der Waals surface area contributed by atoms with Crippen LogP contribution >= 0.6 is 0 Å². The minimum absolute atomic E-state index is 0.243. The highest BCUT2D eigenvalue weighted by molar-refractivity contribution is 5.91. The quantitative estimate of drug-likeness (QED) is 0.379. The number of aldehydes is 1. The fourth-order valence-corrected chi connectivity index (χ4v) is 2.69. The molecule has 0 aliphatic carbocycles. The monoisotopic (exact) mass is 348 g/mol. The van der Waals surface area contributed by atoms with Crippen LogP contribution in [0.5, 0.6) is 0 Å². The van der Waals surface area contributed by atoms with E-state index < -0.39 is 21.2 Å². The number of nitro benzene ring substituents is 2. The number of hydrogen-bond acceptors (Lipinski definition) is 5. The summed E-state index contributed by atoms with van der Waals surface area (Å²) in [5.41, 5.74) is 1.83. The van der Waals surface area contributed by atoms with Crippen LogP contribution in [-0.2, 0) is 0 Å². The first kappa shape index (κ1) is 17.0. The standard InChI is InChI=1S/C19H12N2O5/c22-12-16-8-14(13-4-2-1-3-5-13)6-7-19(16)15-9-17(20(23)24)11-18(10-15)21(25)26/h1-12H. The van der Waals surface area contributed by atoms with Gasteiger partial charge in [-0.1, -0.05) is 42.5 Å².